The molecule has 31 heavy (non-hydrogen) atoms. The highest BCUT2D eigenvalue weighted by Crippen LogP contribution is 2.15. The SMILES string of the molecule is O=C1NC(Cc2ccc(OCc3ccccc3)cn2)C(=O)NC1Cc1ccc(Cl)cc1. The highest BCUT2D eigenvalue weighted by Gasteiger charge is 2.33. The number of nitrogens with one attached hydrogen (secondary N) is 2. The molecule has 1 aliphatic heterocycles. The minimum atomic E-state index is -0.655. The van der Waals surface area contributed by atoms with Gasteiger partial charge in [-0.25, -0.2) is 0 Å². The van der Waals surface area contributed by atoms with Crippen molar-refractivity contribution in [2.45, 2.75) is 31.5 Å². The maximum atomic E-state index is 12.5. The molecule has 2 unspecified atom stereocenters. The lowest BCUT2D eigenvalue weighted by Crippen LogP contribution is -2.62. The third-order valence-corrected chi connectivity index (χ3v) is 5.33. The van der Waals surface area contributed by atoms with Crippen LogP contribution in [-0.4, -0.2) is 28.9 Å². The van der Waals surface area contributed by atoms with Gasteiger partial charge in [0.05, 0.1) is 6.20 Å². The van der Waals surface area contributed by atoms with Crippen LogP contribution in [0.15, 0.2) is 72.9 Å². The number of ether oxygens (including phenoxy) is 1. The standard InChI is InChI=1S/C24H22ClN3O3/c25-18-8-6-16(7-9-18)12-21-23(29)28-22(24(30)27-21)13-19-10-11-20(14-26-19)31-15-17-4-2-1-3-5-17/h1-11,14,21-22H,12-13,15H2,(H,27,30)(H,28,29). The first-order valence-corrected chi connectivity index (χ1v) is 10.4. The molecule has 1 aliphatic rings. The van der Waals surface area contributed by atoms with Crippen LogP contribution in [0.25, 0.3) is 0 Å². The molecule has 4 rings (SSSR count). The molecule has 1 saturated heterocycles. The van der Waals surface area contributed by atoms with E-state index in [4.69, 9.17) is 16.3 Å². The fourth-order valence-electron chi connectivity index (χ4n) is 3.39. The Morgan fingerprint density at radius 3 is 2.13 bits per heavy atom. The predicted octanol–water partition coefficient (Wildman–Crippen LogP) is 3.08. The van der Waals surface area contributed by atoms with Crippen molar-refractivity contribution < 1.29 is 14.3 Å². The second-order valence-corrected chi connectivity index (χ2v) is 7.85. The smallest absolute Gasteiger partial charge is 0.243 e. The average Bonchev–Trinajstić information content (AvgIpc) is 2.79. The largest absolute Gasteiger partial charge is 0.487 e. The van der Waals surface area contributed by atoms with Gasteiger partial charge in [-0.15, -0.1) is 0 Å². The zero-order valence-corrected chi connectivity index (χ0v) is 17.5. The van der Waals surface area contributed by atoms with E-state index in [-0.39, 0.29) is 11.8 Å². The molecule has 0 radical (unpaired) electrons. The Morgan fingerprint density at radius 2 is 1.48 bits per heavy atom. The van der Waals surface area contributed by atoms with Gasteiger partial charge in [0, 0.05) is 23.6 Å². The summed E-state index contributed by atoms with van der Waals surface area (Å²) in [5, 5.41) is 6.25. The summed E-state index contributed by atoms with van der Waals surface area (Å²) >= 11 is 5.89. The van der Waals surface area contributed by atoms with Crippen LogP contribution in [0.2, 0.25) is 5.02 Å². The molecular formula is C24H22ClN3O3. The minimum Gasteiger partial charge on any atom is -0.487 e. The van der Waals surface area contributed by atoms with Crippen molar-refractivity contribution in [1.82, 2.24) is 15.6 Å². The Balaban J connectivity index is 1.30. The number of benzene rings is 2. The first-order valence-electron chi connectivity index (χ1n) is 10.0. The molecule has 1 aromatic heterocycles. The van der Waals surface area contributed by atoms with Gasteiger partial charge in [0.25, 0.3) is 0 Å². The quantitative estimate of drug-likeness (QED) is 0.597. The molecular weight excluding hydrogens is 414 g/mol. The number of rotatable bonds is 7. The van der Waals surface area contributed by atoms with Gasteiger partial charge in [-0.2, -0.15) is 0 Å². The Labute approximate surface area is 185 Å². The molecule has 2 heterocycles. The lowest BCUT2D eigenvalue weighted by atomic mass is 10.00. The summed E-state index contributed by atoms with van der Waals surface area (Å²) < 4.78 is 5.73. The van der Waals surface area contributed by atoms with E-state index in [9.17, 15) is 9.59 Å². The number of hydrogen-bond acceptors (Lipinski definition) is 4. The third-order valence-electron chi connectivity index (χ3n) is 5.08. The van der Waals surface area contributed by atoms with E-state index in [1.807, 2.05) is 48.5 Å². The number of carbonyl (C=O) groups excluding carboxylic acids is 2. The molecule has 2 amide bonds. The van der Waals surface area contributed by atoms with Crippen LogP contribution in [0.1, 0.15) is 16.8 Å². The van der Waals surface area contributed by atoms with Crippen molar-refractivity contribution in [2.75, 3.05) is 0 Å². The Kier molecular flexibility index (Phi) is 6.48. The van der Waals surface area contributed by atoms with Gasteiger partial charge in [0.1, 0.15) is 24.4 Å². The van der Waals surface area contributed by atoms with Crippen LogP contribution < -0.4 is 15.4 Å². The van der Waals surface area contributed by atoms with Gasteiger partial charge in [-0.05, 0) is 35.4 Å². The highest BCUT2D eigenvalue weighted by atomic mass is 35.5. The summed E-state index contributed by atoms with van der Waals surface area (Å²) in [5.41, 5.74) is 2.70. The Morgan fingerprint density at radius 1 is 0.806 bits per heavy atom. The molecule has 0 saturated carbocycles. The molecule has 0 aliphatic carbocycles. The molecule has 7 heteroatoms. The summed E-state index contributed by atoms with van der Waals surface area (Å²) in [6.07, 6.45) is 2.35. The molecule has 0 bridgehead atoms. The van der Waals surface area contributed by atoms with Crippen molar-refractivity contribution in [3.8, 4) is 5.75 Å². The number of amides is 2. The molecule has 2 atom stereocenters. The lowest BCUT2D eigenvalue weighted by Gasteiger charge is -2.29. The van der Waals surface area contributed by atoms with E-state index < -0.39 is 12.1 Å². The molecule has 0 spiro atoms. The highest BCUT2D eigenvalue weighted by molar-refractivity contribution is 6.30. The second-order valence-electron chi connectivity index (χ2n) is 7.42. The van der Waals surface area contributed by atoms with E-state index >= 15 is 0 Å². The van der Waals surface area contributed by atoms with Crippen molar-refractivity contribution in [1.29, 1.82) is 0 Å². The van der Waals surface area contributed by atoms with Crippen molar-refractivity contribution >= 4 is 23.4 Å². The number of carbonyl (C=O) groups is 2. The maximum absolute atomic E-state index is 12.5. The van der Waals surface area contributed by atoms with Crippen molar-refractivity contribution in [2.24, 2.45) is 0 Å². The zero-order chi connectivity index (χ0) is 21.6. The Bertz CT molecular complexity index is 1040. The number of nitrogens with zero attached hydrogens (tertiary/aromatic N) is 1. The molecule has 2 aromatic carbocycles. The lowest BCUT2D eigenvalue weighted by molar-refractivity contribution is -0.136. The van der Waals surface area contributed by atoms with Crippen LogP contribution in [0.5, 0.6) is 5.75 Å². The number of aromatic nitrogens is 1. The van der Waals surface area contributed by atoms with E-state index in [0.717, 1.165) is 11.1 Å². The molecule has 6 nitrogen and oxygen atoms in total. The normalized spacial score (nSPS) is 18.2. The minimum absolute atomic E-state index is 0.206. The van der Waals surface area contributed by atoms with Gasteiger partial charge >= 0.3 is 0 Å². The summed E-state index contributed by atoms with van der Waals surface area (Å²) in [6.45, 7) is 0.456. The third kappa shape index (κ3) is 5.61. The number of hydrogen-bond donors (Lipinski definition) is 2. The number of pyridine rings is 1. The van der Waals surface area contributed by atoms with E-state index in [1.54, 1.807) is 24.4 Å². The van der Waals surface area contributed by atoms with Gasteiger partial charge in [-0.1, -0.05) is 54.1 Å². The maximum Gasteiger partial charge on any atom is 0.243 e. The first-order chi connectivity index (χ1) is 15.1. The van der Waals surface area contributed by atoms with Crippen molar-refractivity contribution in [3.05, 3.63) is 94.8 Å². The van der Waals surface area contributed by atoms with Crippen LogP contribution in [0.4, 0.5) is 0 Å². The predicted molar refractivity (Wildman–Crippen MR) is 118 cm³/mol. The van der Waals surface area contributed by atoms with Gasteiger partial charge in [0.15, 0.2) is 0 Å². The zero-order valence-electron chi connectivity index (χ0n) is 16.8. The van der Waals surface area contributed by atoms with Crippen molar-refractivity contribution in [3.63, 3.8) is 0 Å². The second kappa shape index (κ2) is 9.62. The fourth-order valence-corrected chi connectivity index (χ4v) is 3.51. The first kappa shape index (κ1) is 20.9. The van der Waals surface area contributed by atoms with E-state index in [0.29, 0.717) is 35.9 Å². The van der Waals surface area contributed by atoms with Gasteiger partial charge in [-0.3, -0.25) is 14.6 Å². The monoisotopic (exact) mass is 435 g/mol. The van der Waals surface area contributed by atoms with E-state index in [2.05, 4.69) is 15.6 Å². The van der Waals surface area contributed by atoms with Crippen LogP contribution >= 0.6 is 11.6 Å². The van der Waals surface area contributed by atoms with Crippen LogP contribution in [0.3, 0.4) is 0 Å². The topological polar surface area (TPSA) is 80.3 Å². The summed E-state index contributed by atoms with van der Waals surface area (Å²) in [7, 11) is 0. The Hall–Kier alpha value is -3.38. The van der Waals surface area contributed by atoms with E-state index in [1.165, 1.54) is 0 Å². The molecule has 158 valence electrons. The summed E-state index contributed by atoms with van der Waals surface area (Å²) in [5.74, 6) is 0.222. The van der Waals surface area contributed by atoms with Crippen LogP contribution in [0, 0.1) is 0 Å². The summed E-state index contributed by atoms with van der Waals surface area (Å²) in [6, 6.07) is 19.5. The molecule has 1 fully saturated rings. The van der Waals surface area contributed by atoms with Crippen LogP contribution in [-0.2, 0) is 29.0 Å². The fraction of sp³-hybridized carbons (Fsp3) is 0.208. The van der Waals surface area contributed by atoms with Gasteiger partial charge in [0.2, 0.25) is 11.8 Å². The van der Waals surface area contributed by atoms with Gasteiger partial charge < -0.3 is 15.4 Å². The summed E-state index contributed by atoms with van der Waals surface area (Å²) in [4.78, 5) is 29.4. The average molecular weight is 436 g/mol. The number of piperazine rings is 1. The molecule has 3 aromatic rings. The number of halogens is 1. The molecule has 2 N–H and O–H groups in total.